The van der Waals surface area contributed by atoms with Crippen LogP contribution in [-0.2, 0) is 18.3 Å². The van der Waals surface area contributed by atoms with Gasteiger partial charge in [-0.15, -0.1) is 0 Å². The average Bonchev–Trinajstić information content (AvgIpc) is 3.71. The monoisotopic (exact) mass is 621 g/mol. The number of alkyl halides is 3. The first-order chi connectivity index (χ1) is 21.6. The molecule has 2 saturated heterocycles. The van der Waals surface area contributed by atoms with Gasteiger partial charge in [-0.25, -0.2) is 19.9 Å². The number of amides is 1. The zero-order chi connectivity index (χ0) is 31.8. The Morgan fingerprint density at radius 1 is 1.18 bits per heavy atom. The standard InChI is InChI=1S/C30H34F3N11O/c1-3-41(4-2)16-21-13-24(40-28(39-21)30(31,32)33)27(45)42-11-6-22(7-12-42)43-17-29(18-43,8-9-34)44-15-20(14-38-44)25-23-5-10-35-26(23)37-19-36-25/h5,10,13-15,19,22H,3-4,6-8,11-12,16-18H2,1-2H3,(H,35,36,37). The molecule has 2 aliphatic rings. The van der Waals surface area contributed by atoms with Crippen molar-refractivity contribution in [2.75, 3.05) is 39.3 Å². The number of nitrogens with zero attached hydrogens (tertiary/aromatic N) is 10. The number of halogens is 3. The van der Waals surface area contributed by atoms with Crippen LogP contribution in [0.15, 0.2) is 37.1 Å². The molecule has 0 aliphatic carbocycles. The van der Waals surface area contributed by atoms with Crippen molar-refractivity contribution in [2.45, 2.75) is 57.4 Å². The molecule has 4 aromatic rings. The van der Waals surface area contributed by atoms with Crippen LogP contribution in [-0.4, -0.2) is 101 Å². The van der Waals surface area contributed by atoms with E-state index in [9.17, 15) is 23.2 Å². The van der Waals surface area contributed by atoms with E-state index >= 15 is 0 Å². The third-order valence-electron chi connectivity index (χ3n) is 8.90. The zero-order valence-electron chi connectivity index (χ0n) is 25.1. The Morgan fingerprint density at radius 2 is 1.93 bits per heavy atom. The Kier molecular flexibility index (Phi) is 8.27. The predicted octanol–water partition coefficient (Wildman–Crippen LogP) is 3.70. The van der Waals surface area contributed by atoms with Crippen LogP contribution in [0.25, 0.3) is 22.3 Å². The number of carbonyl (C=O) groups is 1. The minimum atomic E-state index is -4.76. The van der Waals surface area contributed by atoms with E-state index < -0.39 is 23.4 Å². The minimum absolute atomic E-state index is 0.173. The van der Waals surface area contributed by atoms with Gasteiger partial charge in [-0.3, -0.25) is 19.3 Å². The number of aromatic nitrogens is 7. The van der Waals surface area contributed by atoms with Crippen molar-refractivity contribution in [3.8, 4) is 17.3 Å². The molecular weight excluding hydrogens is 587 g/mol. The average molecular weight is 622 g/mol. The minimum Gasteiger partial charge on any atom is -0.346 e. The number of nitrogens with one attached hydrogen (secondary N) is 1. The second-order valence-corrected chi connectivity index (χ2v) is 11.7. The van der Waals surface area contributed by atoms with Crippen molar-refractivity contribution < 1.29 is 18.0 Å². The van der Waals surface area contributed by atoms with Gasteiger partial charge in [0, 0.05) is 62.1 Å². The third kappa shape index (κ3) is 5.99. The molecule has 6 rings (SSSR count). The molecule has 0 bridgehead atoms. The highest BCUT2D eigenvalue weighted by Crippen LogP contribution is 2.37. The van der Waals surface area contributed by atoms with Gasteiger partial charge in [0.05, 0.1) is 30.1 Å². The molecule has 1 N–H and O–H groups in total. The predicted molar refractivity (Wildman–Crippen MR) is 157 cm³/mol. The van der Waals surface area contributed by atoms with Crippen LogP contribution in [0.5, 0.6) is 0 Å². The van der Waals surface area contributed by atoms with E-state index in [1.807, 2.05) is 41.9 Å². The number of hydrogen-bond donors (Lipinski definition) is 1. The molecule has 2 aliphatic heterocycles. The Bertz CT molecular complexity index is 1710. The summed E-state index contributed by atoms with van der Waals surface area (Å²) in [5, 5.41) is 15.2. The Labute approximate surface area is 257 Å². The van der Waals surface area contributed by atoms with Crippen molar-refractivity contribution >= 4 is 16.9 Å². The van der Waals surface area contributed by atoms with E-state index in [0.29, 0.717) is 52.1 Å². The van der Waals surface area contributed by atoms with Gasteiger partial charge in [-0.1, -0.05) is 13.8 Å². The number of aromatic amines is 1. The summed E-state index contributed by atoms with van der Waals surface area (Å²) < 4.78 is 42.7. The number of rotatable bonds is 9. The fraction of sp³-hybridized carbons (Fsp3) is 0.500. The van der Waals surface area contributed by atoms with E-state index in [0.717, 1.165) is 22.3 Å². The SMILES string of the molecule is CCN(CC)Cc1cc(C(=O)N2CCC(N3CC(CC#N)(n4cc(-c5ncnc6[nH]ccc56)cn4)C3)CC2)nc(C(F)(F)F)n1. The van der Waals surface area contributed by atoms with Crippen LogP contribution >= 0.6 is 0 Å². The number of H-pyrrole nitrogens is 1. The molecule has 1 amide bonds. The summed E-state index contributed by atoms with van der Waals surface area (Å²) in [5.74, 6) is -1.81. The summed E-state index contributed by atoms with van der Waals surface area (Å²) in [6.45, 7) is 7.37. The van der Waals surface area contributed by atoms with E-state index in [4.69, 9.17) is 0 Å². The first-order valence-corrected chi connectivity index (χ1v) is 15.1. The van der Waals surface area contributed by atoms with Crippen molar-refractivity contribution in [3.63, 3.8) is 0 Å². The Morgan fingerprint density at radius 3 is 2.62 bits per heavy atom. The summed E-state index contributed by atoms with van der Waals surface area (Å²) in [7, 11) is 0. The lowest BCUT2D eigenvalue weighted by Crippen LogP contribution is -2.66. The quantitative estimate of drug-likeness (QED) is 0.297. The molecule has 0 atom stereocenters. The molecule has 0 saturated carbocycles. The number of likely N-dealkylation sites (tertiary alicyclic amines) is 2. The second kappa shape index (κ2) is 12.2. The van der Waals surface area contributed by atoms with Crippen LogP contribution in [0.1, 0.15) is 55.1 Å². The lowest BCUT2D eigenvalue weighted by molar-refractivity contribution is -0.145. The highest BCUT2D eigenvalue weighted by atomic mass is 19.4. The topological polar surface area (TPSA) is 136 Å². The fourth-order valence-corrected chi connectivity index (χ4v) is 6.35. The summed E-state index contributed by atoms with van der Waals surface area (Å²) in [4.78, 5) is 38.3. The normalized spacial score (nSPS) is 17.5. The van der Waals surface area contributed by atoms with Crippen molar-refractivity contribution in [3.05, 3.63) is 54.3 Å². The number of piperidine rings is 1. The first-order valence-electron chi connectivity index (χ1n) is 15.1. The van der Waals surface area contributed by atoms with Gasteiger partial charge >= 0.3 is 6.18 Å². The highest BCUT2D eigenvalue weighted by Gasteiger charge is 2.48. The smallest absolute Gasteiger partial charge is 0.346 e. The maximum atomic E-state index is 13.6. The van der Waals surface area contributed by atoms with E-state index in [-0.39, 0.29) is 30.4 Å². The van der Waals surface area contributed by atoms with E-state index in [1.165, 1.54) is 12.4 Å². The first kappa shape index (κ1) is 30.6. The van der Waals surface area contributed by atoms with Crippen molar-refractivity contribution in [2.24, 2.45) is 0 Å². The van der Waals surface area contributed by atoms with Gasteiger partial charge < -0.3 is 9.88 Å². The largest absolute Gasteiger partial charge is 0.451 e. The molecule has 45 heavy (non-hydrogen) atoms. The van der Waals surface area contributed by atoms with Crippen LogP contribution in [0.3, 0.4) is 0 Å². The highest BCUT2D eigenvalue weighted by molar-refractivity contribution is 5.92. The summed E-state index contributed by atoms with van der Waals surface area (Å²) in [6.07, 6.45) is 3.85. The molecule has 6 heterocycles. The summed E-state index contributed by atoms with van der Waals surface area (Å²) >= 11 is 0. The molecule has 0 spiro atoms. The number of fused-ring (bicyclic) bond motifs is 1. The molecule has 236 valence electrons. The molecule has 15 heteroatoms. The van der Waals surface area contributed by atoms with Gasteiger partial charge in [-0.2, -0.15) is 23.5 Å². The van der Waals surface area contributed by atoms with Crippen LogP contribution < -0.4 is 0 Å². The third-order valence-corrected chi connectivity index (χ3v) is 8.90. The van der Waals surface area contributed by atoms with E-state index in [1.54, 1.807) is 11.1 Å². The van der Waals surface area contributed by atoms with Crippen LogP contribution in [0, 0.1) is 11.3 Å². The lowest BCUT2D eigenvalue weighted by Gasteiger charge is -2.53. The van der Waals surface area contributed by atoms with Gasteiger partial charge in [0.1, 0.15) is 23.2 Å². The van der Waals surface area contributed by atoms with Gasteiger partial charge in [-0.05, 0) is 38.1 Å². The van der Waals surface area contributed by atoms with E-state index in [2.05, 4.69) is 41.0 Å². The van der Waals surface area contributed by atoms with Crippen LogP contribution in [0.4, 0.5) is 13.2 Å². The van der Waals surface area contributed by atoms with Crippen LogP contribution in [0.2, 0.25) is 0 Å². The number of hydrogen-bond acceptors (Lipinski definition) is 9. The molecular formula is C30H34F3N11O. The van der Waals surface area contributed by atoms with Crippen molar-refractivity contribution in [1.82, 2.24) is 49.4 Å². The molecule has 12 nitrogen and oxygen atoms in total. The van der Waals surface area contributed by atoms with Crippen molar-refractivity contribution in [1.29, 1.82) is 5.26 Å². The summed E-state index contributed by atoms with van der Waals surface area (Å²) in [5.41, 5.74) is 1.79. The Hall–Kier alpha value is -4.42. The van der Waals surface area contributed by atoms with Gasteiger partial charge in [0.25, 0.3) is 5.91 Å². The van der Waals surface area contributed by atoms with Gasteiger partial charge in [0.15, 0.2) is 0 Å². The number of carbonyl (C=O) groups excluding carboxylic acids is 1. The lowest BCUT2D eigenvalue weighted by atomic mass is 9.83. The maximum Gasteiger partial charge on any atom is 0.451 e. The Balaban J connectivity index is 1.11. The fourth-order valence-electron chi connectivity index (χ4n) is 6.35. The molecule has 4 aromatic heterocycles. The molecule has 0 unspecified atom stereocenters. The molecule has 0 aromatic carbocycles. The van der Waals surface area contributed by atoms with Gasteiger partial charge in [0.2, 0.25) is 5.82 Å². The number of nitriles is 1. The second-order valence-electron chi connectivity index (χ2n) is 11.7. The summed E-state index contributed by atoms with van der Waals surface area (Å²) in [6, 6.07) is 5.79. The maximum absolute atomic E-state index is 13.6. The zero-order valence-corrected chi connectivity index (χ0v) is 25.1. The molecule has 0 radical (unpaired) electrons. The molecule has 2 fully saturated rings.